The van der Waals surface area contributed by atoms with Crippen LogP contribution in [0.2, 0.25) is 0 Å². The van der Waals surface area contributed by atoms with Crippen LogP contribution in [-0.2, 0) is 0 Å². The van der Waals surface area contributed by atoms with Crippen molar-refractivity contribution in [1.29, 1.82) is 0 Å². The van der Waals surface area contributed by atoms with E-state index in [1.807, 2.05) is 30.4 Å². The van der Waals surface area contributed by atoms with Crippen LogP contribution in [-0.4, -0.2) is 32.2 Å². The third kappa shape index (κ3) is 5.21. The van der Waals surface area contributed by atoms with Crippen molar-refractivity contribution >= 4 is 29.4 Å². The van der Waals surface area contributed by atoms with Crippen LogP contribution in [0.1, 0.15) is 32.4 Å². The zero-order valence-corrected chi connectivity index (χ0v) is 17.4. The van der Waals surface area contributed by atoms with E-state index in [4.69, 9.17) is 0 Å². The zero-order valence-electron chi connectivity index (χ0n) is 15.9. The van der Waals surface area contributed by atoms with Crippen LogP contribution in [0.5, 0.6) is 0 Å². The smallest absolute Gasteiger partial charge is 0.206 e. The molecule has 0 radical (unpaired) electrons. The maximum Gasteiger partial charge on any atom is 0.206 e. The largest absolute Gasteiger partial charge is 1.00 e. The third-order valence-corrected chi connectivity index (χ3v) is 4.33. The topological polar surface area (TPSA) is 95.5 Å². The van der Waals surface area contributed by atoms with Crippen LogP contribution >= 0.6 is 0 Å². The van der Waals surface area contributed by atoms with E-state index in [0.717, 1.165) is 22.8 Å². The van der Waals surface area contributed by atoms with E-state index in [9.17, 15) is 9.59 Å². The monoisotopic (exact) mass is 462 g/mol. The van der Waals surface area contributed by atoms with E-state index in [2.05, 4.69) is 19.9 Å². The summed E-state index contributed by atoms with van der Waals surface area (Å²) in [5.74, 6) is -0.158. The molecular weight excluding hydrogens is 444 g/mol. The molecule has 0 unspecified atom stereocenters. The number of rotatable bonds is 7. The van der Waals surface area contributed by atoms with Crippen LogP contribution in [0.3, 0.4) is 0 Å². The fraction of sp³-hybridized carbons (Fsp3) is 0. The number of aromatic amines is 3. The Labute approximate surface area is 183 Å². The van der Waals surface area contributed by atoms with Crippen LogP contribution in [0.25, 0.3) is 12.2 Å². The van der Waals surface area contributed by atoms with Gasteiger partial charge >= 0.3 is 0 Å². The third-order valence-electron chi connectivity index (χ3n) is 4.33. The average molecular weight is 463 g/mol. The van der Waals surface area contributed by atoms with Crippen molar-refractivity contribution in [2.75, 3.05) is 0 Å². The Bertz CT molecular complexity index is 1170. The molecule has 4 N–H and O–H groups in total. The lowest BCUT2D eigenvalue weighted by Crippen LogP contribution is -3.00. The molecule has 30 heavy (non-hydrogen) atoms. The fourth-order valence-corrected chi connectivity index (χ4v) is 2.87. The molecule has 6 nitrogen and oxygen atoms in total. The average Bonchev–Trinajstić information content (AvgIpc) is 3.53. The molecule has 0 saturated heterocycles. The first-order chi connectivity index (χ1) is 14.2. The molecule has 0 aromatic carbocycles. The van der Waals surface area contributed by atoms with E-state index in [-0.39, 0.29) is 28.5 Å². The lowest BCUT2D eigenvalue weighted by atomic mass is 10.2. The molecule has 3 aromatic heterocycles. The lowest BCUT2D eigenvalue weighted by molar-refractivity contribution is -0.383. The first-order valence-corrected chi connectivity index (χ1v) is 9.12. The molecule has 0 aliphatic carbocycles. The van der Waals surface area contributed by atoms with E-state index in [0.29, 0.717) is 11.4 Å². The number of ketones is 2. The molecule has 0 saturated carbocycles. The number of H-pyrrole nitrogens is 3. The Kier molecular flexibility index (Phi) is 6.77. The number of halogens is 1. The quantitative estimate of drug-likeness (QED) is 0.280. The Morgan fingerprint density at radius 3 is 2.07 bits per heavy atom. The normalized spacial score (nSPS) is 14.5. The molecule has 4 heterocycles. The van der Waals surface area contributed by atoms with Gasteiger partial charge in [-0.15, -0.1) is 0 Å². The van der Waals surface area contributed by atoms with Crippen LogP contribution in [0.4, 0.5) is 0 Å². The van der Waals surface area contributed by atoms with Crippen molar-refractivity contribution in [2.24, 2.45) is 0 Å². The summed E-state index contributed by atoms with van der Waals surface area (Å²) >= 11 is 0. The maximum absolute atomic E-state index is 12.0. The van der Waals surface area contributed by atoms with E-state index < -0.39 is 0 Å². The van der Waals surface area contributed by atoms with E-state index >= 15 is 0 Å². The molecule has 0 atom stereocenters. The molecule has 3 aromatic rings. The van der Waals surface area contributed by atoms with Crippen LogP contribution < -0.4 is 22.0 Å². The second-order valence-corrected chi connectivity index (χ2v) is 6.45. The number of carbonyl (C=O) groups is 2. The van der Waals surface area contributed by atoms with Gasteiger partial charge in [-0.3, -0.25) is 9.59 Å². The van der Waals surface area contributed by atoms with Crippen LogP contribution in [0, 0.1) is 0 Å². The van der Waals surface area contributed by atoms with Crippen LogP contribution in [0.15, 0.2) is 84.9 Å². The highest BCUT2D eigenvalue weighted by Gasteiger charge is 2.11. The molecular formula is C23H19BrN4O2. The number of nitrogens with one attached hydrogen (secondary N) is 4. The highest BCUT2D eigenvalue weighted by molar-refractivity contribution is 6.10. The van der Waals surface area contributed by atoms with Gasteiger partial charge in [0.2, 0.25) is 23.0 Å². The summed E-state index contributed by atoms with van der Waals surface area (Å²) < 4.78 is 0. The molecule has 0 bridgehead atoms. The summed E-state index contributed by atoms with van der Waals surface area (Å²) in [4.78, 5) is 36.2. The molecule has 150 valence electrons. The highest BCUT2D eigenvalue weighted by atomic mass is 79.9. The number of allylic oxidation sites excluding steroid dienone is 5. The van der Waals surface area contributed by atoms with Gasteiger partial charge in [0, 0.05) is 48.1 Å². The van der Waals surface area contributed by atoms with Crippen molar-refractivity contribution in [1.82, 2.24) is 15.0 Å². The molecule has 0 fully saturated rings. The predicted molar refractivity (Wildman–Crippen MR) is 112 cm³/mol. The minimum atomic E-state index is -0.0789. The van der Waals surface area contributed by atoms with E-state index in [1.54, 1.807) is 48.8 Å². The standard InChI is InChI=1S/C23H18N4O2.BrH/c28-22(20-3-1-13-24-20)11-9-16-5-7-18(26-16)15-19-8-6-17(27-19)10-12-23(29)21-4-2-14-25-21;/h1-15,24-26H;1H/b11-9+,12-10+,19-15-;. The van der Waals surface area contributed by atoms with Gasteiger partial charge in [-0.1, -0.05) is 0 Å². The van der Waals surface area contributed by atoms with E-state index in [1.165, 1.54) is 12.2 Å². The fourth-order valence-electron chi connectivity index (χ4n) is 2.87. The second-order valence-electron chi connectivity index (χ2n) is 6.45. The minimum absolute atomic E-state index is 0. The Morgan fingerprint density at radius 1 is 0.800 bits per heavy atom. The second kappa shape index (κ2) is 9.67. The summed E-state index contributed by atoms with van der Waals surface area (Å²) in [5, 5.41) is 0. The molecule has 7 heteroatoms. The van der Waals surface area contributed by atoms with Gasteiger partial charge < -0.3 is 31.9 Å². The Morgan fingerprint density at radius 2 is 1.43 bits per heavy atom. The van der Waals surface area contributed by atoms with Gasteiger partial charge in [-0.2, -0.15) is 0 Å². The van der Waals surface area contributed by atoms with Crippen molar-refractivity contribution in [3.63, 3.8) is 0 Å². The number of hydrogen-bond donors (Lipinski definition) is 4. The van der Waals surface area contributed by atoms with Gasteiger partial charge in [-0.05, 0) is 54.6 Å². The Hall–Kier alpha value is -3.71. The van der Waals surface area contributed by atoms with Crippen molar-refractivity contribution < 1.29 is 31.6 Å². The zero-order chi connectivity index (χ0) is 20.1. The maximum atomic E-state index is 12.0. The minimum Gasteiger partial charge on any atom is -1.00 e. The van der Waals surface area contributed by atoms with Gasteiger partial charge in [0.25, 0.3) is 0 Å². The van der Waals surface area contributed by atoms with Gasteiger partial charge in [0.1, 0.15) is 0 Å². The molecule has 1 aliphatic rings. The van der Waals surface area contributed by atoms with Crippen molar-refractivity contribution in [3.8, 4) is 0 Å². The summed E-state index contributed by atoms with van der Waals surface area (Å²) in [7, 11) is 0. The first-order valence-electron chi connectivity index (χ1n) is 9.12. The van der Waals surface area contributed by atoms with Gasteiger partial charge in [0.05, 0.1) is 11.4 Å². The molecule has 0 amide bonds. The summed E-state index contributed by atoms with van der Waals surface area (Å²) in [6.45, 7) is 0. The highest BCUT2D eigenvalue weighted by Crippen LogP contribution is 2.09. The summed E-state index contributed by atoms with van der Waals surface area (Å²) in [6, 6.07) is 10.9. The summed E-state index contributed by atoms with van der Waals surface area (Å²) in [5.41, 5.74) is 4.58. The van der Waals surface area contributed by atoms with Crippen molar-refractivity contribution in [2.45, 2.75) is 0 Å². The lowest BCUT2D eigenvalue weighted by Gasteiger charge is -1.90. The number of aromatic nitrogens is 3. The van der Waals surface area contributed by atoms with Crippen molar-refractivity contribution in [3.05, 3.63) is 108 Å². The predicted octanol–water partition coefficient (Wildman–Crippen LogP) is -0.558. The SMILES string of the molecule is O=C(/C=C/C1=[NH+]C(=C\c2ccc(/C=C/C(=O)c3ccc[nH]3)[nH]2)/C=C1)c1ccc[nH]1.[Br-]. The first kappa shape index (κ1) is 21.0. The van der Waals surface area contributed by atoms with Gasteiger partial charge in [-0.25, -0.2) is 4.99 Å². The van der Waals surface area contributed by atoms with Gasteiger partial charge in [0.15, 0.2) is 0 Å². The number of carbonyl (C=O) groups excluding carboxylic acids is 2. The molecule has 4 rings (SSSR count). The summed E-state index contributed by atoms with van der Waals surface area (Å²) in [6.07, 6.45) is 15.8. The molecule has 0 spiro atoms. The Balaban J connectivity index is 0.00000256. The molecule has 1 aliphatic heterocycles. The number of hydrogen-bond acceptors (Lipinski definition) is 2.